The van der Waals surface area contributed by atoms with Crippen molar-refractivity contribution in [2.24, 2.45) is 0 Å². The van der Waals surface area contributed by atoms with Gasteiger partial charge in [0.1, 0.15) is 6.54 Å². The summed E-state index contributed by atoms with van der Waals surface area (Å²) in [6.07, 6.45) is 0. The molecular weight excluding hydrogens is 362 g/mol. The van der Waals surface area contributed by atoms with Crippen LogP contribution in [0.5, 0.6) is 0 Å². The van der Waals surface area contributed by atoms with Crippen LogP contribution < -0.4 is 10.6 Å². The maximum atomic E-state index is 12.2. The molecule has 0 aliphatic carbocycles. The van der Waals surface area contributed by atoms with E-state index < -0.39 is 24.3 Å². The zero-order valence-corrected chi connectivity index (χ0v) is 14.4. The highest BCUT2D eigenvalue weighted by atomic mass is 35.5. The van der Waals surface area contributed by atoms with Crippen LogP contribution in [0.3, 0.4) is 0 Å². The van der Waals surface area contributed by atoms with Crippen LogP contribution in [0, 0.1) is 0 Å². The summed E-state index contributed by atoms with van der Waals surface area (Å²) in [7, 11) is 0. The summed E-state index contributed by atoms with van der Waals surface area (Å²) in [5.74, 6) is -1.58. The zero-order chi connectivity index (χ0) is 18.0. The van der Waals surface area contributed by atoms with Crippen LogP contribution in [0.4, 0.5) is 5.69 Å². The van der Waals surface area contributed by atoms with Gasteiger partial charge in [-0.25, -0.2) is 0 Å². The van der Waals surface area contributed by atoms with E-state index in [2.05, 4.69) is 10.6 Å². The van der Waals surface area contributed by atoms with Crippen LogP contribution in [0.2, 0.25) is 5.02 Å². The summed E-state index contributed by atoms with van der Waals surface area (Å²) < 4.78 is 0. The lowest BCUT2D eigenvalue weighted by molar-refractivity contribution is -0.120. The number of fused-ring (bicyclic) bond motifs is 1. The highest BCUT2D eigenvalue weighted by molar-refractivity contribution is 7.80. The lowest BCUT2D eigenvalue weighted by atomic mass is 10.1. The molecule has 1 aliphatic heterocycles. The highest BCUT2D eigenvalue weighted by Gasteiger charge is 2.36. The van der Waals surface area contributed by atoms with Gasteiger partial charge >= 0.3 is 0 Å². The molecule has 2 aromatic rings. The summed E-state index contributed by atoms with van der Waals surface area (Å²) in [6, 6.07) is 13.3. The molecule has 2 aromatic carbocycles. The van der Waals surface area contributed by atoms with Crippen LogP contribution in [0.15, 0.2) is 48.5 Å². The maximum Gasteiger partial charge on any atom is 0.262 e. The van der Waals surface area contributed by atoms with Crippen molar-refractivity contribution in [1.82, 2.24) is 10.2 Å². The summed E-state index contributed by atoms with van der Waals surface area (Å²) in [4.78, 5) is 37.4. The summed E-state index contributed by atoms with van der Waals surface area (Å²) >= 11 is 11.1. The molecule has 8 heteroatoms. The molecule has 25 heavy (non-hydrogen) atoms. The summed E-state index contributed by atoms with van der Waals surface area (Å²) in [5.41, 5.74) is 1.12. The number of amides is 3. The van der Waals surface area contributed by atoms with E-state index in [0.717, 1.165) is 4.90 Å². The number of imide groups is 1. The van der Waals surface area contributed by atoms with Crippen LogP contribution in [-0.4, -0.2) is 34.3 Å². The van der Waals surface area contributed by atoms with E-state index in [1.807, 2.05) is 0 Å². The molecule has 1 aliphatic rings. The van der Waals surface area contributed by atoms with Crippen molar-refractivity contribution < 1.29 is 14.4 Å². The lowest BCUT2D eigenvalue weighted by Gasteiger charge is -2.15. The minimum absolute atomic E-state index is 0.0229. The topological polar surface area (TPSA) is 78.5 Å². The van der Waals surface area contributed by atoms with Gasteiger partial charge in [-0.05, 0) is 36.5 Å². The number of rotatable bonds is 3. The van der Waals surface area contributed by atoms with Crippen molar-refractivity contribution in [3.05, 3.63) is 64.7 Å². The average molecular weight is 374 g/mol. The molecule has 0 unspecified atom stereocenters. The first kappa shape index (κ1) is 17.1. The third-order valence-electron chi connectivity index (χ3n) is 3.55. The predicted molar refractivity (Wildman–Crippen MR) is 97.6 cm³/mol. The average Bonchev–Trinajstić information content (AvgIpc) is 2.82. The molecule has 126 valence electrons. The molecule has 0 radical (unpaired) electrons. The number of nitrogens with one attached hydrogen (secondary N) is 2. The molecule has 0 atom stereocenters. The molecule has 0 saturated heterocycles. The molecule has 3 amide bonds. The number of carbonyl (C=O) groups is 3. The third kappa shape index (κ3) is 3.52. The molecular formula is C17H12ClN3O3S. The van der Waals surface area contributed by atoms with E-state index in [4.69, 9.17) is 23.8 Å². The molecule has 3 rings (SSSR count). The van der Waals surface area contributed by atoms with E-state index in [9.17, 15) is 14.4 Å². The Morgan fingerprint density at radius 2 is 1.56 bits per heavy atom. The van der Waals surface area contributed by atoms with Crippen molar-refractivity contribution >= 4 is 52.3 Å². The van der Waals surface area contributed by atoms with Gasteiger partial charge in [-0.1, -0.05) is 35.9 Å². The number of hydrogen-bond donors (Lipinski definition) is 2. The second-order valence-corrected chi connectivity index (χ2v) is 6.04. The van der Waals surface area contributed by atoms with E-state index in [1.54, 1.807) is 48.5 Å². The molecule has 1 heterocycles. The van der Waals surface area contributed by atoms with Gasteiger partial charge in [-0.2, -0.15) is 0 Å². The highest BCUT2D eigenvalue weighted by Crippen LogP contribution is 2.22. The molecule has 0 fully saturated rings. The number of anilines is 1. The van der Waals surface area contributed by atoms with Crippen LogP contribution >= 0.6 is 23.8 Å². The lowest BCUT2D eigenvalue weighted by Crippen LogP contribution is -2.43. The Hall–Kier alpha value is -2.77. The van der Waals surface area contributed by atoms with Gasteiger partial charge in [0.25, 0.3) is 11.8 Å². The molecule has 0 aromatic heterocycles. The van der Waals surface area contributed by atoms with Gasteiger partial charge in [0, 0.05) is 0 Å². The first-order chi connectivity index (χ1) is 12.0. The van der Waals surface area contributed by atoms with Gasteiger partial charge < -0.3 is 10.6 Å². The Bertz CT molecular complexity index is 865. The SMILES string of the molecule is O=C(CN1C(=O)c2ccccc2C1=O)NC(=S)Nc1ccccc1Cl. The molecule has 0 bridgehead atoms. The minimum Gasteiger partial charge on any atom is -0.331 e. The standard InChI is InChI=1S/C17H12ClN3O3S/c18-12-7-3-4-8-13(12)19-17(25)20-14(22)9-21-15(23)10-5-1-2-6-11(10)16(21)24/h1-8H,9H2,(H2,19,20,22,25). The van der Waals surface area contributed by atoms with Crippen molar-refractivity contribution in [1.29, 1.82) is 0 Å². The van der Waals surface area contributed by atoms with Gasteiger partial charge in [-0.15, -0.1) is 0 Å². The van der Waals surface area contributed by atoms with E-state index in [0.29, 0.717) is 10.7 Å². The minimum atomic E-state index is -0.584. The number of thiocarbonyl (C=S) groups is 1. The number of nitrogens with zero attached hydrogens (tertiary/aromatic N) is 1. The first-order valence-corrected chi connectivity index (χ1v) is 8.06. The monoisotopic (exact) mass is 373 g/mol. The Kier molecular flexibility index (Phi) is 4.78. The number of para-hydroxylation sites is 1. The zero-order valence-electron chi connectivity index (χ0n) is 12.8. The second-order valence-electron chi connectivity index (χ2n) is 5.22. The first-order valence-electron chi connectivity index (χ1n) is 7.28. The van der Waals surface area contributed by atoms with Crippen LogP contribution in [0.1, 0.15) is 20.7 Å². The smallest absolute Gasteiger partial charge is 0.262 e. The largest absolute Gasteiger partial charge is 0.331 e. The molecule has 6 nitrogen and oxygen atoms in total. The van der Waals surface area contributed by atoms with E-state index in [1.165, 1.54) is 0 Å². The van der Waals surface area contributed by atoms with E-state index >= 15 is 0 Å². The Balaban J connectivity index is 1.62. The summed E-state index contributed by atoms with van der Waals surface area (Å²) in [5, 5.41) is 5.68. The quantitative estimate of drug-likeness (QED) is 0.638. The molecule has 0 saturated carbocycles. The maximum absolute atomic E-state index is 12.2. The third-order valence-corrected chi connectivity index (χ3v) is 4.09. The number of hydrogen-bond acceptors (Lipinski definition) is 4. The Labute approximate surface area is 153 Å². The Morgan fingerprint density at radius 1 is 1.00 bits per heavy atom. The van der Waals surface area contributed by atoms with Gasteiger partial charge in [0.15, 0.2) is 5.11 Å². The van der Waals surface area contributed by atoms with Crippen molar-refractivity contribution in [3.63, 3.8) is 0 Å². The predicted octanol–water partition coefficient (Wildman–Crippen LogP) is 2.45. The Morgan fingerprint density at radius 3 is 2.16 bits per heavy atom. The van der Waals surface area contributed by atoms with E-state index in [-0.39, 0.29) is 16.2 Å². The number of halogens is 1. The fourth-order valence-corrected chi connectivity index (χ4v) is 2.82. The van der Waals surface area contributed by atoms with Crippen molar-refractivity contribution in [2.75, 3.05) is 11.9 Å². The number of benzene rings is 2. The van der Waals surface area contributed by atoms with Gasteiger partial charge in [0.05, 0.1) is 21.8 Å². The number of carbonyl (C=O) groups excluding carboxylic acids is 3. The van der Waals surface area contributed by atoms with Crippen LogP contribution in [0.25, 0.3) is 0 Å². The normalized spacial score (nSPS) is 12.8. The van der Waals surface area contributed by atoms with Gasteiger partial charge in [-0.3, -0.25) is 19.3 Å². The molecule has 2 N–H and O–H groups in total. The van der Waals surface area contributed by atoms with Gasteiger partial charge in [0.2, 0.25) is 5.91 Å². The summed E-state index contributed by atoms with van der Waals surface area (Å²) in [6.45, 7) is -0.420. The van der Waals surface area contributed by atoms with Crippen molar-refractivity contribution in [2.45, 2.75) is 0 Å². The van der Waals surface area contributed by atoms with Crippen molar-refractivity contribution in [3.8, 4) is 0 Å². The van der Waals surface area contributed by atoms with Crippen LogP contribution in [-0.2, 0) is 4.79 Å². The second kappa shape index (κ2) is 7.00. The fraction of sp³-hybridized carbons (Fsp3) is 0.0588. The molecule has 0 spiro atoms. The fourth-order valence-electron chi connectivity index (χ4n) is 2.41.